The van der Waals surface area contributed by atoms with Crippen LogP contribution in [0.2, 0.25) is 0 Å². The summed E-state index contributed by atoms with van der Waals surface area (Å²) in [7, 11) is 1.57. The molecule has 6 heteroatoms. The molecule has 0 bridgehead atoms. The third-order valence-electron chi connectivity index (χ3n) is 1.45. The number of methoxy groups -OCH3 is 1. The Morgan fingerprint density at radius 3 is 2.93 bits per heavy atom. The third kappa shape index (κ3) is 8.76. The zero-order valence-electron chi connectivity index (χ0n) is 8.95. The minimum Gasteiger partial charge on any atom is -0.383 e. The molecule has 1 amide bonds. The van der Waals surface area contributed by atoms with Gasteiger partial charge in [0.15, 0.2) is 5.96 Å². The molecule has 0 rings (SSSR count). The lowest BCUT2D eigenvalue weighted by Crippen LogP contribution is -2.34. The Bertz CT molecular complexity index is 228. The van der Waals surface area contributed by atoms with Crippen molar-refractivity contribution in [2.24, 2.45) is 10.7 Å². The van der Waals surface area contributed by atoms with Gasteiger partial charge in [-0.25, -0.2) is 4.99 Å². The normalized spacial score (nSPS) is 10.9. The lowest BCUT2D eigenvalue weighted by Gasteiger charge is -2.03. The number of hydrogen-bond acceptors (Lipinski definition) is 3. The fourth-order valence-corrected chi connectivity index (χ4v) is 0.738. The van der Waals surface area contributed by atoms with Crippen LogP contribution in [0.4, 0.5) is 0 Å². The largest absolute Gasteiger partial charge is 0.383 e. The van der Waals surface area contributed by atoms with Crippen molar-refractivity contribution >= 4 is 11.9 Å². The number of nitrogens with zero attached hydrogens (tertiary/aromatic N) is 1. The predicted octanol–water partition coefficient (Wildman–Crippen LogP) is -1.16. The van der Waals surface area contributed by atoms with E-state index in [4.69, 9.17) is 10.5 Å². The first-order valence-electron chi connectivity index (χ1n) is 4.61. The maximum absolute atomic E-state index is 11.1. The van der Waals surface area contributed by atoms with Crippen molar-refractivity contribution in [1.29, 1.82) is 0 Å². The molecule has 0 radical (unpaired) electrons. The van der Waals surface area contributed by atoms with E-state index in [9.17, 15) is 4.79 Å². The van der Waals surface area contributed by atoms with Gasteiger partial charge in [0.05, 0.1) is 6.61 Å². The van der Waals surface area contributed by atoms with Gasteiger partial charge in [-0.3, -0.25) is 4.79 Å². The van der Waals surface area contributed by atoms with E-state index in [0.29, 0.717) is 19.7 Å². The highest BCUT2D eigenvalue weighted by atomic mass is 16.5. The molecule has 0 aromatic rings. The predicted molar refractivity (Wildman–Crippen MR) is 59.6 cm³/mol. The molecule has 0 saturated carbocycles. The molecule has 0 fully saturated rings. The number of hydrogen-bond donors (Lipinski definition) is 3. The summed E-state index contributed by atoms with van der Waals surface area (Å²) in [6, 6.07) is 0. The second-order valence-corrected chi connectivity index (χ2v) is 2.71. The van der Waals surface area contributed by atoms with E-state index in [-0.39, 0.29) is 18.4 Å². The highest BCUT2D eigenvalue weighted by Gasteiger charge is 1.98. The first kappa shape index (κ1) is 13.4. The molecule has 86 valence electrons. The molecule has 15 heavy (non-hydrogen) atoms. The summed E-state index contributed by atoms with van der Waals surface area (Å²) in [5.41, 5.74) is 5.45. The van der Waals surface area contributed by atoms with Gasteiger partial charge in [-0.05, 0) is 0 Å². The van der Waals surface area contributed by atoms with Crippen molar-refractivity contribution < 1.29 is 9.53 Å². The standard InChI is InChI=1S/C9H18N4O2/c1-3-4-12-9(10)13-7-8(14)11-5-6-15-2/h3H,1,4-7H2,2H3,(H,11,14)(H3,10,12,13). The zero-order chi connectivity index (χ0) is 11.5. The van der Waals surface area contributed by atoms with Gasteiger partial charge in [-0.2, -0.15) is 0 Å². The van der Waals surface area contributed by atoms with Gasteiger partial charge in [-0.15, -0.1) is 6.58 Å². The summed E-state index contributed by atoms with van der Waals surface area (Å²) in [5, 5.41) is 5.38. The van der Waals surface area contributed by atoms with Gasteiger partial charge in [0.2, 0.25) is 5.91 Å². The lowest BCUT2D eigenvalue weighted by molar-refractivity contribution is -0.119. The van der Waals surface area contributed by atoms with Crippen LogP contribution in [-0.2, 0) is 9.53 Å². The summed E-state index contributed by atoms with van der Waals surface area (Å²) < 4.78 is 4.77. The quantitative estimate of drug-likeness (QED) is 0.216. The maximum Gasteiger partial charge on any atom is 0.241 e. The first-order valence-corrected chi connectivity index (χ1v) is 4.61. The number of nitrogens with one attached hydrogen (secondary N) is 2. The number of guanidine groups is 1. The van der Waals surface area contributed by atoms with Gasteiger partial charge >= 0.3 is 0 Å². The van der Waals surface area contributed by atoms with Crippen LogP contribution in [0.5, 0.6) is 0 Å². The van der Waals surface area contributed by atoms with Gasteiger partial charge in [0.1, 0.15) is 6.54 Å². The van der Waals surface area contributed by atoms with Crippen molar-refractivity contribution in [2.45, 2.75) is 0 Å². The number of aliphatic imine (C=N–C) groups is 1. The van der Waals surface area contributed by atoms with Gasteiger partial charge in [0.25, 0.3) is 0 Å². The number of carbonyl (C=O) groups excluding carboxylic acids is 1. The van der Waals surface area contributed by atoms with Gasteiger partial charge < -0.3 is 21.1 Å². The molecule has 4 N–H and O–H groups in total. The van der Waals surface area contributed by atoms with Crippen molar-refractivity contribution in [2.75, 3.05) is 33.4 Å². The number of rotatable bonds is 7. The number of amides is 1. The van der Waals surface area contributed by atoms with Crippen LogP contribution in [-0.4, -0.2) is 45.2 Å². The summed E-state index contributed by atoms with van der Waals surface area (Å²) in [5.74, 6) is 0.0483. The second-order valence-electron chi connectivity index (χ2n) is 2.71. The van der Waals surface area contributed by atoms with E-state index in [0.717, 1.165) is 0 Å². The molecule has 0 aliphatic rings. The average molecular weight is 214 g/mol. The highest BCUT2D eigenvalue weighted by Crippen LogP contribution is 1.73. The van der Waals surface area contributed by atoms with E-state index in [2.05, 4.69) is 22.2 Å². The molecule has 0 aromatic heterocycles. The van der Waals surface area contributed by atoms with E-state index >= 15 is 0 Å². The van der Waals surface area contributed by atoms with Crippen LogP contribution in [0, 0.1) is 0 Å². The van der Waals surface area contributed by atoms with Crippen LogP contribution < -0.4 is 16.4 Å². The fourth-order valence-electron chi connectivity index (χ4n) is 0.738. The monoisotopic (exact) mass is 214 g/mol. The summed E-state index contributed by atoms with van der Waals surface area (Å²) in [4.78, 5) is 14.9. The molecule has 0 saturated heterocycles. The molecule has 0 heterocycles. The Labute approximate surface area is 89.6 Å². The smallest absolute Gasteiger partial charge is 0.241 e. The Morgan fingerprint density at radius 1 is 1.60 bits per heavy atom. The average Bonchev–Trinajstić information content (AvgIpc) is 2.24. The van der Waals surface area contributed by atoms with Crippen molar-refractivity contribution in [3.63, 3.8) is 0 Å². The molecule has 0 spiro atoms. The Morgan fingerprint density at radius 2 is 2.33 bits per heavy atom. The summed E-state index contributed by atoms with van der Waals surface area (Å²) >= 11 is 0. The van der Waals surface area contributed by atoms with Crippen molar-refractivity contribution in [3.8, 4) is 0 Å². The van der Waals surface area contributed by atoms with E-state index < -0.39 is 0 Å². The van der Waals surface area contributed by atoms with Crippen LogP contribution in [0.3, 0.4) is 0 Å². The van der Waals surface area contributed by atoms with Gasteiger partial charge in [0, 0.05) is 20.2 Å². The van der Waals surface area contributed by atoms with Gasteiger partial charge in [-0.1, -0.05) is 6.08 Å². The molecule has 0 aromatic carbocycles. The maximum atomic E-state index is 11.1. The molecular formula is C9H18N4O2. The fraction of sp³-hybridized carbons (Fsp3) is 0.556. The van der Waals surface area contributed by atoms with E-state index in [1.807, 2.05) is 0 Å². The Kier molecular flexibility index (Phi) is 8.08. The molecule has 0 atom stereocenters. The highest BCUT2D eigenvalue weighted by molar-refractivity contribution is 5.83. The molecule has 0 unspecified atom stereocenters. The minimum atomic E-state index is -0.185. The lowest BCUT2D eigenvalue weighted by atomic mass is 10.5. The SMILES string of the molecule is C=CCNC(N)=NCC(=O)NCCOC. The topological polar surface area (TPSA) is 88.7 Å². The van der Waals surface area contributed by atoms with Crippen molar-refractivity contribution in [1.82, 2.24) is 10.6 Å². The molecule has 0 aliphatic carbocycles. The van der Waals surface area contributed by atoms with Crippen LogP contribution in [0.25, 0.3) is 0 Å². The Hall–Kier alpha value is -1.56. The minimum absolute atomic E-state index is 0.0136. The van der Waals surface area contributed by atoms with Crippen LogP contribution >= 0.6 is 0 Å². The number of nitrogens with two attached hydrogens (primary N) is 1. The zero-order valence-corrected chi connectivity index (χ0v) is 8.95. The van der Waals surface area contributed by atoms with E-state index in [1.54, 1.807) is 13.2 Å². The number of carbonyl (C=O) groups is 1. The molecule has 6 nitrogen and oxygen atoms in total. The van der Waals surface area contributed by atoms with Crippen LogP contribution in [0.15, 0.2) is 17.6 Å². The molecular weight excluding hydrogens is 196 g/mol. The summed E-state index contributed by atoms with van der Waals surface area (Å²) in [6.45, 7) is 5.02. The van der Waals surface area contributed by atoms with Crippen molar-refractivity contribution in [3.05, 3.63) is 12.7 Å². The Balaban J connectivity index is 3.62. The van der Waals surface area contributed by atoms with Crippen LogP contribution in [0.1, 0.15) is 0 Å². The first-order chi connectivity index (χ1) is 7.20. The van der Waals surface area contributed by atoms with E-state index in [1.165, 1.54) is 0 Å². The third-order valence-corrected chi connectivity index (χ3v) is 1.45. The number of ether oxygens (including phenoxy) is 1. The second kappa shape index (κ2) is 9.01. The molecule has 0 aliphatic heterocycles. The summed E-state index contributed by atoms with van der Waals surface area (Å²) in [6.07, 6.45) is 1.65.